The summed E-state index contributed by atoms with van der Waals surface area (Å²) in [6.07, 6.45) is 0. The van der Waals surface area contributed by atoms with Crippen molar-refractivity contribution in [1.82, 2.24) is 14.5 Å². The Morgan fingerprint density at radius 2 is 1.38 bits per heavy atom. The number of nitrogens with one attached hydrogen (secondary N) is 1. The number of benzene rings is 3. The van der Waals surface area contributed by atoms with E-state index >= 15 is 0 Å². The zero-order valence-corrected chi connectivity index (χ0v) is 18.3. The summed E-state index contributed by atoms with van der Waals surface area (Å²) in [6, 6.07) is 22.0. The van der Waals surface area contributed by atoms with Gasteiger partial charge < -0.3 is 5.32 Å². The van der Waals surface area contributed by atoms with Gasteiger partial charge in [0.15, 0.2) is 0 Å². The molecule has 1 amide bonds. The average Bonchev–Trinajstić information content (AvgIpc) is 2.80. The molecular weight excluding hydrogens is 426 g/mol. The number of aryl methyl sites for hydroxylation is 1. The number of hydrogen-bond acceptors (Lipinski definition) is 3. The minimum atomic E-state index is -0.733. The largest absolute Gasteiger partial charge is 0.350 e. The smallest absolute Gasteiger partial charge is 0.317 e. The summed E-state index contributed by atoms with van der Waals surface area (Å²) >= 11 is 5.95. The first-order valence-electron chi connectivity index (χ1n) is 10.2. The highest BCUT2D eigenvalue weighted by atomic mass is 35.5. The molecule has 0 unspecified atom stereocenters. The molecule has 0 saturated heterocycles. The number of amides is 1. The van der Waals surface area contributed by atoms with Crippen molar-refractivity contribution in [1.29, 1.82) is 0 Å². The van der Waals surface area contributed by atoms with E-state index in [4.69, 9.17) is 11.6 Å². The molecule has 0 aliphatic heterocycles. The zero-order chi connectivity index (χ0) is 22.7. The highest BCUT2D eigenvalue weighted by Crippen LogP contribution is 2.14. The van der Waals surface area contributed by atoms with Gasteiger partial charge in [0.1, 0.15) is 6.54 Å². The summed E-state index contributed by atoms with van der Waals surface area (Å²) in [5, 5.41) is 3.41. The molecule has 0 spiro atoms. The number of carbonyl (C=O) groups is 1. The van der Waals surface area contributed by atoms with Crippen LogP contribution < -0.4 is 16.4 Å². The van der Waals surface area contributed by atoms with Gasteiger partial charge in [-0.2, -0.15) is 0 Å². The molecular formula is C25H22ClN3O3. The monoisotopic (exact) mass is 447 g/mol. The Morgan fingerprint density at radius 3 is 2.03 bits per heavy atom. The first-order valence-corrected chi connectivity index (χ1v) is 10.6. The van der Waals surface area contributed by atoms with Crippen molar-refractivity contribution in [2.75, 3.05) is 0 Å². The minimum absolute atomic E-state index is 0.228. The van der Waals surface area contributed by atoms with Crippen LogP contribution in [0.25, 0.3) is 11.0 Å². The first-order chi connectivity index (χ1) is 15.4. The van der Waals surface area contributed by atoms with Crippen LogP contribution in [0, 0.1) is 6.92 Å². The van der Waals surface area contributed by atoms with E-state index in [-0.39, 0.29) is 19.0 Å². The second kappa shape index (κ2) is 9.24. The number of fused-ring (bicyclic) bond motifs is 1. The summed E-state index contributed by atoms with van der Waals surface area (Å²) in [5.41, 5.74) is 2.63. The number of hydrogen-bond donors (Lipinski definition) is 1. The van der Waals surface area contributed by atoms with Crippen molar-refractivity contribution < 1.29 is 4.79 Å². The molecule has 1 aromatic heterocycles. The average molecular weight is 448 g/mol. The lowest BCUT2D eigenvalue weighted by molar-refractivity contribution is -0.121. The topological polar surface area (TPSA) is 73.1 Å². The van der Waals surface area contributed by atoms with Crippen molar-refractivity contribution >= 4 is 28.5 Å². The maximum atomic E-state index is 12.9. The third kappa shape index (κ3) is 4.65. The van der Waals surface area contributed by atoms with Crippen molar-refractivity contribution in [3.05, 3.63) is 115 Å². The molecule has 4 aromatic rings. The third-order valence-electron chi connectivity index (χ3n) is 5.30. The Morgan fingerprint density at radius 1 is 0.812 bits per heavy atom. The number of carbonyl (C=O) groups excluding carboxylic acids is 1. The predicted octanol–water partition coefficient (Wildman–Crippen LogP) is 3.49. The Labute approximate surface area is 189 Å². The fourth-order valence-electron chi connectivity index (χ4n) is 3.56. The molecule has 0 atom stereocenters. The predicted molar refractivity (Wildman–Crippen MR) is 126 cm³/mol. The van der Waals surface area contributed by atoms with Crippen molar-refractivity contribution in [3.8, 4) is 0 Å². The first kappa shape index (κ1) is 21.6. The lowest BCUT2D eigenvalue weighted by Crippen LogP contribution is -2.44. The Hall–Kier alpha value is -3.64. The van der Waals surface area contributed by atoms with Gasteiger partial charge in [0.05, 0.1) is 17.6 Å². The van der Waals surface area contributed by atoms with E-state index in [2.05, 4.69) is 5.32 Å². The Balaban J connectivity index is 1.63. The molecule has 0 aliphatic carbocycles. The number of aromatic nitrogens is 2. The zero-order valence-electron chi connectivity index (χ0n) is 17.5. The van der Waals surface area contributed by atoms with E-state index in [0.717, 1.165) is 16.7 Å². The Kier molecular flexibility index (Phi) is 6.23. The van der Waals surface area contributed by atoms with E-state index in [1.54, 1.807) is 36.4 Å². The normalized spacial score (nSPS) is 10.9. The van der Waals surface area contributed by atoms with Crippen molar-refractivity contribution in [2.24, 2.45) is 0 Å². The fourth-order valence-corrected chi connectivity index (χ4v) is 3.69. The molecule has 3 aromatic carbocycles. The van der Waals surface area contributed by atoms with Gasteiger partial charge in [0.25, 0.3) is 0 Å². The van der Waals surface area contributed by atoms with Gasteiger partial charge in [-0.15, -0.1) is 0 Å². The van der Waals surface area contributed by atoms with Crippen LogP contribution in [0.3, 0.4) is 0 Å². The summed E-state index contributed by atoms with van der Waals surface area (Å²) < 4.78 is 2.67. The van der Waals surface area contributed by atoms with Gasteiger partial charge in [0.2, 0.25) is 5.91 Å². The van der Waals surface area contributed by atoms with Gasteiger partial charge in [-0.3, -0.25) is 23.5 Å². The van der Waals surface area contributed by atoms with E-state index in [9.17, 15) is 14.4 Å². The maximum absolute atomic E-state index is 12.9. The molecule has 0 aliphatic rings. The van der Waals surface area contributed by atoms with E-state index in [1.807, 2.05) is 43.3 Å². The van der Waals surface area contributed by atoms with Gasteiger partial charge in [-0.1, -0.05) is 65.7 Å². The van der Waals surface area contributed by atoms with E-state index in [0.29, 0.717) is 22.6 Å². The highest BCUT2D eigenvalue weighted by Gasteiger charge is 2.15. The molecule has 0 bridgehead atoms. The van der Waals surface area contributed by atoms with E-state index in [1.165, 1.54) is 9.13 Å². The highest BCUT2D eigenvalue weighted by molar-refractivity contribution is 6.30. The van der Waals surface area contributed by atoms with Crippen LogP contribution >= 0.6 is 11.6 Å². The van der Waals surface area contributed by atoms with Crippen LogP contribution in [0.1, 0.15) is 16.7 Å². The molecule has 7 heteroatoms. The standard InChI is InChI=1S/C25H22ClN3O3/c1-17-6-8-18(9-7-17)14-27-23(30)16-29-22-5-3-2-4-21(22)28(24(31)25(29)32)15-19-10-12-20(26)13-11-19/h2-13H,14-16H2,1H3,(H,27,30). The maximum Gasteiger partial charge on any atom is 0.317 e. The third-order valence-corrected chi connectivity index (χ3v) is 5.55. The summed E-state index contributed by atoms with van der Waals surface area (Å²) in [6.45, 7) is 2.34. The molecule has 1 heterocycles. The summed E-state index contributed by atoms with van der Waals surface area (Å²) in [5.74, 6) is -0.340. The lowest BCUT2D eigenvalue weighted by Gasteiger charge is -2.15. The molecule has 0 fully saturated rings. The van der Waals surface area contributed by atoms with Crippen LogP contribution in [0.4, 0.5) is 0 Å². The summed E-state index contributed by atoms with van der Waals surface area (Å²) in [4.78, 5) is 38.4. The second-order valence-electron chi connectivity index (χ2n) is 7.66. The number of rotatable bonds is 6. The molecule has 162 valence electrons. The molecule has 6 nitrogen and oxygen atoms in total. The second-order valence-corrected chi connectivity index (χ2v) is 8.10. The van der Waals surface area contributed by atoms with Crippen LogP contribution in [-0.4, -0.2) is 15.0 Å². The quantitative estimate of drug-likeness (QED) is 0.460. The molecule has 32 heavy (non-hydrogen) atoms. The molecule has 0 saturated carbocycles. The molecule has 4 rings (SSSR count). The van der Waals surface area contributed by atoms with Gasteiger partial charge in [-0.25, -0.2) is 0 Å². The van der Waals surface area contributed by atoms with Crippen LogP contribution in [0.2, 0.25) is 5.02 Å². The van der Waals surface area contributed by atoms with Gasteiger partial charge >= 0.3 is 11.1 Å². The summed E-state index contributed by atoms with van der Waals surface area (Å²) in [7, 11) is 0. The fraction of sp³-hybridized carbons (Fsp3) is 0.160. The SMILES string of the molecule is Cc1ccc(CNC(=O)Cn2c(=O)c(=O)n(Cc3ccc(Cl)cc3)c3ccccc32)cc1. The van der Waals surface area contributed by atoms with Crippen molar-refractivity contribution in [3.63, 3.8) is 0 Å². The van der Waals surface area contributed by atoms with Crippen LogP contribution in [0.5, 0.6) is 0 Å². The van der Waals surface area contributed by atoms with E-state index < -0.39 is 11.1 Å². The van der Waals surface area contributed by atoms with Crippen molar-refractivity contribution in [2.45, 2.75) is 26.6 Å². The molecule has 1 N–H and O–H groups in total. The molecule has 0 radical (unpaired) electrons. The van der Waals surface area contributed by atoms with Gasteiger partial charge in [0, 0.05) is 11.6 Å². The van der Waals surface area contributed by atoms with Crippen LogP contribution in [-0.2, 0) is 24.4 Å². The Bertz CT molecular complexity index is 1390. The number of halogens is 1. The van der Waals surface area contributed by atoms with Crippen LogP contribution in [0.15, 0.2) is 82.4 Å². The number of nitrogens with zero attached hydrogens (tertiary/aromatic N) is 2. The van der Waals surface area contributed by atoms with Gasteiger partial charge in [-0.05, 0) is 42.3 Å². The minimum Gasteiger partial charge on any atom is -0.350 e. The lowest BCUT2D eigenvalue weighted by atomic mass is 10.1. The number of para-hydroxylation sites is 2.